The maximum atomic E-state index is 12.7. The molecule has 9 heteroatoms. The van der Waals surface area contributed by atoms with Crippen LogP contribution in [0.3, 0.4) is 0 Å². The standard InChI is InChI=1S/C26H32ClN5O3/c1-34-16-20-15-32(14-17-4-7-35-8-5-17)23-9-19(12-30-25(20)23)21-10-24(29-13-22(21)27)31-26(33)18-3-2-6-28-11-18/h9-10,12-13,15,17-18,28H,2-8,11,14,16H2,1H3,(H,29,31,33). The zero-order valence-electron chi connectivity index (χ0n) is 20.1. The molecule has 0 radical (unpaired) electrons. The Labute approximate surface area is 210 Å². The number of carbonyl (C=O) groups is 1. The minimum atomic E-state index is -0.0460. The van der Waals surface area contributed by atoms with Gasteiger partial charge in [0.05, 0.1) is 28.6 Å². The zero-order chi connectivity index (χ0) is 24.2. The molecule has 186 valence electrons. The lowest BCUT2D eigenvalue weighted by Crippen LogP contribution is -2.37. The van der Waals surface area contributed by atoms with Crippen molar-refractivity contribution in [1.82, 2.24) is 19.9 Å². The molecule has 1 unspecified atom stereocenters. The summed E-state index contributed by atoms with van der Waals surface area (Å²) in [6, 6.07) is 3.96. The van der Waals surface area contributed by atoms with Gasteiger partial charge in [0.1, 0.15) is 5.82 Å². The third-order valence-corrected chi connectivity index (χ3v) is 7.27. The molecule has 2 N–H and O–H groups in total. The highest BCUT2D eigenvalue weighted by Gasteiger charge is 2.22. The number of ether oxygens (including phenoxy) is 2. The minimum Gasteiger partial charge on any atom is -0.381 e. The summed E-state index contributed by atoms with van der Waals surface area (Å²) in [4.78, 5) is 21.9. The van der Waals surface area contributed by atoms with Crippen molar-refractivity contribution in [3.8, 4) is 11.1 Å². The number of nitrogens with one attached hydrogen (secondary N) is 2. The number of aromatic nitrogens is 3. The van der Waals surface area contributed by atoms with Gasteiger partial charge in [-0.25, -0.2) is 4.98 Å². The smallest absolute Gasteiger partial charge is 0.229 e. The number of hydrogen-bond acceptors (Lipinski definition) is 6. The monoisotopic (exact) mass is 497 g/mol. The molecule has 5 rings (SSSR count). The summed E-state index contributed by atoms with van der Waals surface area (Å²) in [5, 5.41) is 6.77. The first kappa shape index (κ1) is 24.2. The number of piperidine rings is 1. The van der Waals surface area contributed by atoms with Gasteiger partial charge in [-0.3, -0.25) is 9.78 Å². The second-order valence-corrected chi connectivity index (χ2v) is 9.88. The second kappa shape index (κ2) is 11.0. The van der Waals surface area contributed by atoms with E-state index in [2.05, 4.69) is 32.4 Å². The maximum absolute atomic E-state index is 12.7. The molecule has 0 aromatic carbocycles. The van der Waals surface area contributed by atoms with Crippen LogP contribution < -0.4 is 10.6 Å². The Morgan fingerprint density at radius 1 is 1.26 bits per heavy atom. The van der Waals surface area contributed by atoms with E-state index in [-0.39, 0.29) is 11.8 Å². The van der Waals surface area contributed by atoms with Crippen LogP contribution in [-0.2, 0) is 27.4 Å². The fourth-order valence-corrected chi connectivity index (χ4v) is 5.25. The third kappa shape index (κ3) is 5.51. The molecule has 2 fully saturated rings. The molecule has 0 saturated carbocycles. The summed E-state index contributed by atoms with van der Waals surface area (Å²) in [5.74, 6) is 1.01. The highest BCUT2D eigenvalue weighted by Crippen LogP contribution is 2.33. The van der Waals surface area contributed by atoms with E-state index < -0.39 is 0 Å². The molecule has 2 aliphatic rings. The average molecular weight is 498 g/mol. The van der Waals surface area contributed by atoms with E-state index in [9.17, 15) is 4.79 Å². The van der Waals surface area contributed by atoms with Crippen molar-refractivity contribution in [2.45, 2.75) is 38.8 Å². The Morgan fingerprint density at radius 2 is 2.11 bits per heavy atom. The number of nitrogens with zero attached hydrogens (tertiary/aromatic N) is 3. The first-order valence-electron chi connectivity index (χ1n) is 12.3. The highest BCUT2D eigenvalue weighted by atomic mass is 35.5. The van der Waals surface area contributed by atoms with Crippen LogP contribution in [0.1, 0.15) is 31.2 Å². The normalized spacial score (nSPS) is 19.2. The molecule has 1 atom stereocenters. The lowest BCUT2D eigenvalue weighted by molar-refractivity contribution is -0.120. The van der Waals surface area contributed by atoms with Gasteiger partial charge in [0.2, 0.25) is 5.91 Å². The van der Waals surface area contributed by atoms with Crippen LogP contribution in [0.25, 0.3) is 22.2 Å². The molecule has 0 aliphatic carbocycles. The Hall–Kier alpha value is -2.52. The van der Waals surface area contributed by atoms with Crippen LogP contribution in [0.15, 0.2) is 30.7 Å². The van der Waals surface area contributed by atoms with E-state index in [1.54, 1.807) is 13.3 Å². The van der Waals surface area contributed by atoms with Gasteiger partial charge in [-0.05, 0) is 50.3 Å². The van der Waals surface area contributed by atoms with Crippen LogP contribution in [0.2, 0.25) is 5.02 Å². The topological polar surface area (TPSA) is 90.3 Å². The van der Waals surface area contributed by atoms with Crippen molar-refractivity contribution in [2.24, 2.45) is 11.8 Å². The third-order valence-electron chi connectivity index (χ3n) is 6.97. The van der Waals surface area contributed by atoms with E-state index in [0.29, 0.717) is 29.9 Å². The van der Waals surface area contributed by atoms with E-state index in [1.165, 1.54) is 0 Å². The SMILES string of the molecule is COCc1cn(CC2CCOCC2)c2cc(-c3cc(NC(=O)C4CCCNC4)ncc3Cl)cnc12. The van der Waals surface area contributed by atoms with Gasteiger partial charge in [0, 0.05) is 68.7 Å². The summed E-state index contributed by atoms with van der Waals surface area (Å²) in [5.41, 5.74) is 4.73. The van der Waals surface area contributed by atoms with Crippen LogP contribution in [0.5, 0.6) is 0 Å². The molecule has 5 heterocycles. The maximum Gasteiger partial charge on any atom is 0.229 e. The fraction of sp³-hybridized carbons (Fsp3) is 0.500. The number of halogens is 1. The average Bonchev–Trinajstić information content (AvgIpc) is 3.22. The molecule has 2 saturated heterocycles. The molecule has 0 bridgehead atoms. The van der Waals surface area contributed by atoms with Gasteiger partial charge in [-0.15, -0.1) is 0 Å². The zero-order valence-corrected chi connectivity index (χ0v) is 20.8. The predicted octanol–water partition coefficient (Wildman–Crippen LogP) is 4.26. The van der Waals surface area contributed by atoms with Crippen molar-refractivity contribution in [3.05, 3.63) is 41.3 Å². The molecule has 2 aliphatic heterocycles. The Bertz CT molecular complexity index is 1190. The van der Waals surface area contributed by atoms with Crippen molar-refractivity contribution in [3.63, 3.8) is 0 Å². The number of hydrogen-bond donors (Lipinski definition) is 2. The number of anilines is 1. The molecular weight excluding hydrogens is 466 g/mol. The van der Waals surface area contributed by atoms with E-state index in [4.69, 9.17) is 26.1 Å². The number of amides is 1. The van der Waals surface area contributed by atoms with E-state index in [1.807, 2.05) is 12.3 Å². The van der Waals surface area contributed by atoms with E-state index >= 15 is 0 Å². The molecule has 3 aromatic heterocycles. The van der Waals surface area contributed by atoms with Crippen molar-refractivity contribution >= 4 is 34.4 Å². The Morgan fingerprint density at radius 3 is 2.89 bits per heavy atom. The number of rotatable bonds is 7. The fourth-order valence-electron chi connectivity index (χ4n) is 5.04. The quantitative estimate of drug-likeness (QED) is 0.507. The van der Waals surface area contributed by atoms with Crippen LogP contribution in [0, 0.1) is 11.8 Å². The number of methoxy groups -OCH3 is 1. The van der Waals surface area contributed by atoms with Gasteiger partial charge >= 0.3 is 0 Å². The molecule has 3 aromatic rings. The van der Waals surface area contributed by atoms with Crippen LogP contribution in [-0.4, -0.2) is 53.9 Å². The molecular formula is C26H32ClN5O3. The summed E-state index contributed by atoms with van der Waals surface area (Å²) in [7, 11) is 1.70. The lowest BCUT2D eigenvalue weighted by atomic mass is 9.99. The highest BCUT2D eigenvalue weighted by molar-refractivity contribution is 6.33. The second-order valence-electron chi connectivity index (χ2n) is 9.47. The molecule has 35 heavy (non-hydrogen) atoms. The van der Waals surface area contributed by atoms with Crippen molar-refractivity contribution in [2.75, 3.05) is 38.7 Å². The summed E-state index contributed by atoms with van der Waals surface area (Å²) in [6.45, 7) is 4.71. The molecule has 8 nitrogen and oxygen atoms in total. The van der Waals surface area contributed by atoms with Gasteiger partial charge in [0.25, 0.3) is 0 Å². The van der Waals surface area contributed by atoms with E-state index in [0.717, 1.165) is 79.7 Å². The first-order valence-corrected chi connectivity index (χ1v) is 12.7. The van der Waals surface area contributed by atoms with Crippen LogP contribution in [0.4, 0.5) is 5.82 Å². The van der Waals surface area contributed by atoms with Crippen molar-refractivity contribution in [1.29, 1.82) is 0 Å². The number of fused-ring (bicyclic) bond motifs is 1. The van der Waals surface area contributed by atoms with Gasteiger partial charge in [-0.2, -0.15) is 0 Å². The largest absolute Gasteiger partial charge is 0.381 e. The molecule has 0 spiro atoms. The number of carbonyl (C=O) groups excluding carboxylic acids is 1. The summed E-state index contributed by atoms with van der Waals surface area (Å²) in [6.07, 6.45) is 9.57. The molecule has 1 amide bonds. The Balaban J connectivity index is 1.45. The Kier molecular flexibility index (Phi) is 7.63. The van der Waals surface area contributed by atoms with Gasteiger partial charge in [0.15, 0.2) is 0 Å². The lowest BCUT2D eigenvalue weighted by Gasteiger charge is -2.23. The predicted molar refractivity (Wildman–Crippen MR) is 136 cm³/mol. The number of pyridine rings is 2. The summed E-state index contributed by atoms with van der Waals surface area (Å²) >= 11 is 6.56. The first-order chi connectivity index (χ1) is 17.1. The summed E-state index contributed by atoms with van der Waals surface area (Å²) < 4.78 is 13.3. The van der Waals surface area contributed by atoms with Crippen LogP contribution >= 0.6 is 11.6 Å². The van der Waals surface area contributed by atoms with Crippen molar-refractivity contribution < 1.29 is 14.3 Å². The minimum absolute atomic E-state index is 0.0129. The van der Waals surface area contributed by atoms with Gasteiger partial charge < -0.3 is 24.7 Å². The van der Waals surface area contributed by atoms with Gasteiger partial charge in [-0.1, -0.05) is 11.6 Å².